The van der Waals surface area contributed by atoms with Crippen LogP contribution in [0.1, 0.15) is 20.8 Å². The summed E-state index contributed by atoms with van der Waals surface area (Å²) in [5.41, 5.74) is 0. The first-order valence-corrected chi connectivity index (χ1v) is 13.9. The number of hydrogen-bond acceptors (Lipinski definition) is 4. The lowest BCUT2D eigenvalue weighted by molar-refractivity contribution is 0.597. The third-order valence-electron chi connectivity index (χ3n) is 3.29. The zero-order chi connectivity index (χ0) is 22.7. The standard InChI is InChI=1S/C8H10O2S.C8H10S.C6H6S.C2H5Br/c1-2-11(9,10)8-6-4-3-5-7-8;1-2-9-8-6-4-3-5-7-8;7-6-4-2-1-3-5-6;1-2-3/h3-7H,2H2,1H3;3-7H,2H2,1H3;1-5,7H;2H2,1H3. The molecule has 0 unspecified atom stereocenters. The third kappa shape index (κ3) is 14.7. The number of thiol groups is 1. The van der Waals surface area contributed by atoms with Crippen LogP contribution in [-0.4, -0.2) is 25.3 Å². The minimum Gasteiger partial charge on any atom is -0.224 e. The Morgan fingerprint density at radius 1 is 0.767 bits per heavy atom. The molecule has 30 heavy (non-hydrogen) atoms. The monoisotopic (exact) mass is 526 g/mol. The number of rotatable bonds is 4. The molecule has 0 amide bonds. The summed E-state index contributed by atoms with van der Waals surface area (Å²) in [4.78, 5) is 2.78. The van der Waals surface area contributed by atoms with Gasteiger partial charge in [-0.2, -0.15) is 0 Å². The van der Waals surface area contributed by atoms with Crippen molar-refractivity contribution in [1.29, 1.82) is 0 Å². The second kappa shape index (κ2) is 18.6. The molecule has 0 bridgehead atoms. The highest BCUT2D eigenvalue weighted by Gasteiger charge is 2.08. The van der Waals surface area contributed by atoms with E-state index in [4.69, 9.17) is 0 Å². The molecule has 0 heterocycles. The summed E-state index contributed by atoms with van der Waals surface area (Å²) < 4.78 is 22.4. The Bertz CT molecular complexity index is 857. The maximum atomic E-state index is 11.2. The SMILES string of the molecule is CCBr.CCS(=O)(=O)c1ccccc1.CCSc1ccccc1.Sc1ccccc1. The molecule has 6 heteroatoms. The molecule has 3 rings (SSSR count). The van der Waals surface area contributed by atoms with Gasteiger partial charge in [-0.05, 0) is 42.2 Å². The maximum Gasteiger partial charge on any atom is 0.178 e. The highest BCUT2D eigenvalue weighted by atomic mass is 79.9. The van der Waals surface area contributed by atoms with Gasteiger partial charge in [0.05, 0.1) is 10.6 Å². The highest BCUT2D eigenvalue weighted by molar-refractivity contribution is 9.09. The number of halogens is 1. The van der Waals surface area contributed by atoms with Crippen LogP contribution in [0.2, 0.25) is 0 Å². The van der Waals surface area contributed by atoms with Gasteiger partial charge in [-0.15, -0.1) is 24.4 Å². The van der Waals surface area contributed by atoms with Crippen molar-refractivity contribution >= 4 is 50.2 Å². The average molecular weight is 528 g/mol. The van der Waals surface area contributed by atoms with Crippen LogP contribution in [0.5, 0.6) is 0 Å². The van der Waals surface area contributed by atoms with Gasteiger partial charge in [0, 0.05) is 15.1 Å². The first-order valence-electron chi connectivity index (χ1n) is 9.66. The van der Waals surface area contributed by atoms with Crippen molar-refractivity contribution in [3.63, 3.8) is 0 Å². The Morgan fingerprint density at radius 2 is 1.17 bits per heavy atom. The van der Waals surface area contributed by atoms with Crippen molar-refractivity contribution in [3.05, 3.63) is 91.0 Å². The Kier molecular flexibility index (Phi) is 17.8. The molecule has 0 fully saturated rings. The Hall–Kier alpha value is -1.21. The summed E-state index contributed by atoms with van der Waals surface area (Å²) in [5, 5.41) is 1.06. The van der Waals surface area contributed by atoms with Gasteiger partial charge in [-0.25, -0.2) is 8.42 Å². The average Bonchev–Trinajstić information content (AvgIpc) is 2.77. The molecule has 0 aliphatic carbocycles. The summed E-state index contributed by atoms with van der Waals surface area (Å²) in [7, 11) is -3.00. The lowest BCUT2D eigenvalue weighted by Crippen LogP contribution is -2.02. The van der Waals surface area contributed by atoms with Crippen molar-refractivity contribution in [2.24, 2.45) is 0 Å². The highest BCUT2D eigenvalue weighted by Crippen LogP contribution is 2.15. The smallest absolute Gasteiger partial charge is 0.178 e. The molecule has 0 N–H and O–H groups in total. The number of benzene rings is 3. The van der Waals surface area contributed by atoms with Gasteiger partial charge in [-0.1, -0.05) is 91.3 Å². The van der Waals surface area contributed by atoms with E-state index in [-0.39, 0.29) is 5.75 Å². The summed E-state index contributed by atoms with van der Waals surface area (Å²) in [6.07, 6.45) is 0. The molecule has 0 atom stereocenters. The molecular formula is C24H31BrO2S3. The Balaban J connectivity index is 0.000000402. The molecule has 3 aromatic carbocycles. The quantitative estimate of drug-likeness (QED) is 0.215. The van der Waals surface area contributed by atoms with Crippen LogP contribution in [0.15, 0.2) is 106 Å². The number of sulfone groups is 1. The first kappa shape index (κ1) is 28.8. The molecule has 3 aromatic rings. The van der Waals surface area contributed by atoms with Gasteiger partial charge < -0.3 is 0 Å². The van der Waals surface area contributed by atoms with Crippen molar-refractivity contribution in [2.75, 3.05) is 16.8 Å². The minimum atomic E-state index is -3.00. The zero-order valence-electron chi connectivity index (χ0n) is 17.7. The minimum absolute atomic E-state index is 0.164. The van der Waals surface area contributed by atoms with E-state index >= 15 is 0 Å². The van der Waals surface area contributed by atoms with E-state index in [2.05, 4.69) is 59.7 Å². The van der Waals surface area contributed by atoms with Crippen molar-refractivity contribution in [1.82, 2.24) is 0 Å². The predicted molar refractivity (Wildman–Crippen MR) is 140 cm³/mol. The normalized spacial score (nSPS) is 9.63. The molecular weight excluding hydrogens is 496 g/mol. The number of hydrogen-bond donors (Lipinski definition) is 1. The molecule has 0 saturated heterocycles. The van der Waals surface area contributed by atoms with Crippen molar-refractivity contribution in [2.45, 2.75) is 35.5 Å². The lowest BCUT2D eigenvalue weighted by Gasteiger charge is -1.98. The molecule has 0 saturated carbocycles. The zero-order valence-corrected chi connectivity index (χ0v) is 21.9. The van der Waals surface area contributed by atoms with Crippen LogP contribution in [0.25, 0.3) is 0 Å². The topological polar surface area (TPSA) is 34.1 Å². The van der Waals surface area contributed by atoms with Gasteiger partial charge in [0.25, 0.3) is 0 Å². The van der Waals surface area contributed by atoms with E-state index in [1.807, 2.05) is 55.1 Å². The second-order valence-electron chi connectivity index (χ2n) is 5.57. The van der Waals surface area contributed by atoms with E-state index in [0.717, 1.165) is 16.0 Å². The second-order valence-corrected chi connectivity index (χ2v) is 10.8. The van der Waals surface area contributed by atoms with Gasteiger partial charge >= 0.3 is 0 Å². The summed E-state index contributed by atoms with van der Waals surface area (Å²) in [6, 6.07) is 28.7. The van der Waals surface area contributed by atoms with Gasteiger partial charge in [0.2, 0.25) is 0 Å². The molecule has 164 valence electrons. The van der Waals surface area contributed by atoms with Gasteiger partial charge in [-0.3, -0.25) is 0 Å². The number of alkyl halides is 1. The predicted octanol–water partition coefficient (Wildman–Crippen LogP) is 7.66. The summed E-state index contributed by atoms with van der Waals surface area (Å²) in [5.74, 6) is 1.32. The van der Waals surface area contributed by atoms with E-state index in [1.165, 1.54) is 4.90 Å². The van der Waals surface area contributed by atoms with Gasteiger partial charge in [0.1, 0.15) is 0 Å². The van der Waals surface area contributed by atoms with Gasteiger partial charge in [0.15, 0.2) is 9.84 Å². The maximum absolute atomic E-state index is 11.2. The summed E-state index contributed by atoms with van der Waals surface area (Å²) in [6.45, 7) is 5.85. The largest absolute Gasteiger partial charge is 0.224 e. The van der Waals surface area contributed by atoms with Crippen LogP contribution in [0, 0.1) is 0 Å². The van der Waals surface area contributed by atoms with Crippen LogP contribution in [0.3, 0.4) is 0 Å². The summed E-state index contributed by atoms with van der Waals surface area (Å²) >= 11 is 9.11. The third-order valence-corrected chi connectivity index (χ3v) is 6.24. The van der Waals surface area contributed by atoms with Crippen LogP contribution in [-0.2, 0) is 9.84 Å². The Labute approximate surface area is 201 Å². The molecule has 0 aliphatic rings. The van der Waals surface area contributed by atoms with Crippen LogP contribution in [0.4, 0.5) is 0 Å². The van der Waals surface area contributed by atoms with Crippen molar-refractivity contribution in [3.8, 4) is 0 Å². The molecule has 0 aromatic heterocycles. The number of thioether (sulfide) groups is 1. The Morgan fingerprint density at radius 3 is 1.50 bits per heavy atom. The molecule has 0 radical (unpaired) electrons. The fraction of sp³-hybridized carbons (Fsp3) is 0.250. The molecule has 0 aliphatic heterocycles. The van der Waals surface area contributed by atoms with E-state index in [0.29, 0.717) is 4.90 Å². The van der Waals surface area contributed by atoms with Crippen LogP contribution >= 0.6 is 40.3 Å². The van der Waals surface area contributed by atoms with E-state index in [9.17, 15) is 8.42 Å². The first-order chi connectivity index (χ1) is 14.4. The lowest BCUT2D eigenvalue weighted by atomic mass is 10.4. The van der Waals surface area contributed by atoms with E-state index < -0.39 is 9.84 Å². The molecule has 2 nitrogen and oxygen atoms in total. The fourth-order valence-corrected chi connectivity index (χ4v) is 3.67. The van der Waals surface area contributed by atoms with Crippen LogP contribution < -0.4 is 0 Å². The van der Waals surface area contributed by atoms with E-state index in [1.54, 1.807) is 37.3 Å². The molecule has 0 spiro atoms. The fourth-order valence-electron chi connectivity index (χ4n) is 1.91. The van der Waals surface area contributed by atoms with Crippen molar-refractivity contribution < 1.29 is 8.42 Å².